The molecule has 0 unspecified atom stereocenters. The zero-order chi connectivity index (χ0) is 20.1. The SMILES string of the molecule is COc1ccc(CNC(=O)[C@H](C)Sc2nnc(-c3ccccc3F)n2C)cc1. The van der Waals surface area contributed by atoms with Gasteiger partial charge in [-0.3, -0.25) is 4.79 Å². The van der Waals surface area contributed by atoms with Crippen molar-refractivity contribution in [3.8, 4) is 17.1 Å². The van der Waals surface area contributed by atoms with Gasteiger partial charge in [0.15, 0.2) is 11.0 Å². The third-order valence-electron chi connectivity index (χ3n) is 4.23. The maximum absolute atomic E-state index is 14.0. The highest BCUT2D eigenvalue weighted by molar-refractivity contribution is 8.00. The maximum Gasteiger partial charge on any atom is 0.233 e. The van der Waals surface area contributed by atoms with E-state index in [4.69, 9.17) is 4.74 Å². The topological polar surface area (TPSA) is 69.0 Å². The molecule has 0 saturated heterocycles. The highest BCUT2D eigenvalue weighted by Gasteiger charge is 2.20. The first-order valence-electron chi connectivity index (χ1n) is 8.71. The molecule has 1 amide bonds. The van der Waals surface area contributed by atoms with Crippen molar-refractivity contribution in [1.29, 1.82) is 0 Å². The molecule has 3 aromatic rings. The first kappa shape index (κ1) is 19.9. The molecule has 0 aliphatic heterocycles. The number of ether oxygens (including phenoxy) is 1. The monoisotopic (exact) mass is 400 g/mol. The third kappa shape index (κ3) is 4.51. The average molecular weight is 400 g/mol. The average Bonchev–Trinajstić information content (AvgIpc) is 3.07. The fourth-order valence-electron chi connectivity index (χ4n) is 2.58. The van der Waals surface area contributed by atoms with Crippen molar-refractivity contribution in [2.45, 2.75) is 23.9 Å². The Morgan fingerprint density at radius 1 is 1.21 bits per heavy atom. The third-order valence-corrected chi connectivity index (χ3v) is 5.36. The summed E-state index contributed by atoms with van der Waals surface area (Å²) >= 11 is 1.28. The molecule has 0 bridgehead atoms. The maximum atomic E-state index is 14.0. The number of rotatable bonds is 7. The molecule has 146 valence electrons. The van der Waals surface area contributed by atoms with Crippen LogP contribution in [0.3, 0.4) is 0 Å². The Morgan fingerprint density at radius 2 is 1.93 bits per heavy atom. The Bertz CT molecular complexity index is 959. The second kappa shape index (κ2) is 8.88. The van der Waals surface area contributed by atoms with Crippen LogP contribution in [0.15, 0.2) is 53.7 Å². The highest BCUT2D eigenvalue weighted by Crippen LogP contribution is 2.27. The van der Waals surface area contributed by atoms with Gasteiger partial charge < -0.3 is 14.6 Å². The van der Waals surface area contributed by atoms with Gasteiger partial charge in [-0.1, -0.05) is 36.0 Å². The van der Waals surface area contributed by atoms with Crippen LogP contribution in [0, 0.1) is 5.82 Å². The van der Waals surface area contributed by atoms with Gasteiger partial charge in [0.25, 0.3) is 0 Å². The van der Waals surface area contributed by atoms with Gasteiger partial charge in [0.2, 0.25) is 5.91 Å². The van der Waals surface area contributed by atoms with Crippen LogP contribution in [0.25, 0.3) is 11.4 Å². The molecule has 2 aromatic carbocycles. The van der Waals surface area contributed by atoms with Crippen molar-refractivity contribution in [3.63, 3.8) is 0 Å². The predicted octanol–water partition coefficient (Wildman–Crippen LogP) is 3.43. The first-order valence-corrected chi connectivity index (χ1v) is 9.59. The Hall–Kier alpha value is -2.87. The lowest BCUT2D eigenvalue weighted by Crippen LogP contribution is -2.30. The number of nitrogens with one attached hydrogen (secondary N) is 1. The van der Waals surface area contributed by atoms with Gasteiger partial charge in [0.05, 0.1) is 17.9 Å². The van der Waals surface area contributed by atoms with Crippen LogP contribution >= 0.6 is 11.8 Å². The number of amides is 1. The van der Waals surface area contributed by atoms with E-state index in [-0.39, 0.29) is 17.0 Å². The van der Waals surface area contributed by atoms with Crippen molar-refractivity contribution >= 4 is 17.7 Å². The summed E-state index contributed by atoms with van der Waals surface area (Å²) in [6.07, 6.45) is 0. The molecule has 0 aliphatic carbocycles. The van der Waals surface area contributed by atoms with Gasteiger partial charge in [0.1, 0.15) is 11.6 Å². The summed E-state index contributed by atoms with van der Waals surface area (Å²) in [6.45, 7) is 2.22. The predicted molar refractivity (Wildman–Crippen MR) is 107 cm³/mol. The molecule has 0 saturated carbocycles. The largest absolute Gasteiger partial charge is 0.497 e. The van der Waals surface area contributed by atoms with Gasteiger partial charge in [-0.15, -0.1) is 10.2 Å². The van der Waals surface area contributed by atoms with Crippen molar-refractivity contribution < 1.29 is 13.9 Å². The van der Waals surface area contributed by atoms with Gasteiger partial charge in [-0.25, -0.2) is 4.39 Å². The minimum atomic E-state index is -0.380. The summed E-state index contributed by atoms with van der Waals surface area (Å²) in [6, 6.07) is 13.9. The molecule has 1 heterocycles. The molecule has 0 spiro atoms. The van der Waals surface area contributed by atoms with Crippen molar-refractivity contribution in [1.82, 2.24) is 20.1 Å². The number of hydrogen-bond acceptors (Lipinski definition) is 5. The minimum Gasteiger partial charge on any atom is -0.497 e. The molecule has 1 N–H and O–H groups in total. The zero-order valence-electron chi connectivity index (χ0n) is 15.8. The van der Waals surface area contributed by atoms with Crippen molar-refractivity contribution in [3.05, 3.63) is 59.9 Å². The van der Waals surface area contributed by atoms with E-state index < -0.39 is 0 Å². The standard InChI is InChI=1S/C20H21FN4O2S/c1-13(19(26)22-12-14-8-10-15(27-3)11-9-14)28-20-24-23-18(25(20)2)16-6-4-5-7-17(16)21/h4-11,13H,12H2,1-3H3,(H,22,26)/t13-/m0/s1. The number of aromatic nitrogens is 3. The van der Waals surface area contributed by atoms with E-state index in [0.29, 0.717) is 23.1 Å². The Balaban J connectivity index is 1.62. The van der Waals surface area contributed by atoms with Gasteiger partial charge in [0, 0.05) is 13.6 Å². The Kier molecular flexibility index (Phi) is 6.30. The molecule has 0 fully saturated rings. The lowest BCUT2D eigenvalue weighted by Gasteiger charge is -2.12. The summed E-state index contributed by atoms with van der Waals surface area (Å²) in [5.74, 6) is 0.717. The van der Waals surface area contributed by atoms with Gasteiger partial charge >= 0.3 is 0 Å². The second-order valence-corrected chi connectivity index (χ2v) is 7.48. The number of carbonyl (C=O) groups is 1. The summed E-state index contributed by atoms with van der Waals surface area (Å²) < 4.78 is 20.8. The van der Waals surface area contributed by atoms with E-state index >= 15 is 0 Å². The lowest BCUT2D eigenvalue weighted by atomic mass is 10.2. The lowest BCUT2D eigenvalue weighted by molar-refractivity contribution is -0.120. The smallest absolute Gasteiger partial charge is 0.233 e. The van der Waals surface area contributed by atoms with Gasteiger partial charge in [-0.05, 0) is 36.8 Å². The van der Waals surface area contributed by atoms with Gasteiger partial charge in [-0.2, -0.15) is 0 Å². The molecule has 6 nitrogen and oxygen atoms in total. The summed E-state index contributed by atoms with van der Waals surface area (Å²) in [5, 5.41) is 11.3. The molecule has 1 atom stereocenters. The summed E-state index contributed by atoms with van der Waals surface area (Å²) in [5.41, 5.74) is 1.35. The quantitative estimate of drug-likeness (QED) is 0.616. The van der Waals surface area contributed by atoms with E-state index in [9.17, 15) is 9.18 Å². The number of methoxy groups -OCH3 is 1. The van der Waals surface area contributed by atoms with Crippen LogP contribution in [0.5, 0.6) is 5.75 Å². The van der Waals surface area contributed by atoms with Crippen LogP contribution in [-0.2, 0) is 18.4 Å². The molecule has 1 aromatic heterocycles. The molecule has 8 heteroatoms. The van der Waals surface area contributed by atoms with E-state index in [1.165, 1.54) is 17.8 Å². The fraction of sp³-hybridized carbons (Fsp3) is 0.250. The van der Waals surface area contributed by atoms with Crippen LogP contribution in [0.4, 0.5) is 4.39 Å². The molecule has 28 heavy (non-hydrogen) atoms. The van der Waals surface area contributed by atoms with Crippen LogP contribution in [0.1, 0.15) is 12.5 Å². The van der Waals surface area contributed by atoms with E-state index in [2.05, 4.69) is 15.5 Å². The number of benzene rings is 2. The molecule has 0 aliphatic rings. The number of halogens is 1. The van der Waals surface area contributed by atoms with Crippen LogP contribution in [-0.4, -0.2) is 33.0 Å². The van der Waals surface area contributed by atoms with Crippen LogP contribution in [0.2, 0.25) is 0 Å². The van der Waals surface area contributed by atoms with Crippen molar-refractivity contribution in [2.75, 3.05) is 7.11 Å². The first-order chi connectivity index (χ1) is 13.5. The second-order valence-electron chi connectivity index (χ2n) is 6.17. The number of carbonyl (C=O) groups excluding carboxylic acids is 1. The Labute approximate surface area is 167 Å². The molecule has 0 radical (unpaired) electrons. The van der Waals surface area contributed by atoms with Crippen molar-refractivity contribution in [2.24, 2.45) is 7.05 Å². The normalized spacial score (nSPS) is 11.9. The van der Waals surface area contributed by atoms with E-state index in [0.717, 1.165) is 11.3 Å². The molecular weight excluding hydrogens is 379 g/mol. The minimum absolute atomic E-state index is 0.115. The highest BCUT2D eigenvalue weighted by atomic mass is 32.2. The number of nitrogens with zero attached hydrogens (tertiary/aromatic N) is 3. The van der Waals surface area contributed by atoms with E-state index in [1.54, 1.807) is 43.8 Å². The van der Waals surface area contributed by atoms with E-state index in [1.807, 2.05) is 24.3 Å². The zero-order valence-corrected chi connectivity index (χ0v) is 16.7. The fourth-order valence-corrected chi connectivity index (χ4v) is 3.42. The molecule has 3 rings (SSSR count). The number of thioether (sulfide) groups is 1. The molecular formula is C20H21FN4O2S. The van der Waals surface area contributed by atoms with Crippen LogP contribution < -0.4 is 10.1 Å². The summed E-state index contributed by atoms with van der Waals surface area (Å²) in [4.78, 5) is 12.4. The Morgan fingerprint density at radius 3 is 2.61 bits per heavy atom. The number of hydrogen-bond donors (Lipinski definition) is 1. The summed E-state index contributed by atoms with van der Waals surface area (Å²) in [7, 11) is 3.37.